The fourth-order valence-corrected chi connectivity index (χ4v) is 2.04. The summed E-state index contributed by atoms with van der Waals surface area (Å²) < 4.78 is 11.5. The van der Waals surface area contributed by atoms with Gasteiger partial charge >= 0.3 is 0 Å². The van der Waals surface area contributed by atoms with Gasteiger partial charge in [0.1, 0.15) is 0 Å². The van der Waals surface area contributed by atoms with Crippen molar-refractivity contribution in [2.24, 2.45) is 0 Å². The molecule has 0 atom stereocenters. The highest BCUT2D eigenvalue weighted by Crippen LogP contribution is 2.19. The fraction of sp³-hybridized carbons (Fsp3) is 0.455. The lowest BCUT2D eigenvalue weighted by Gasteiger charge is -2.09. The summed E-state index contributed by atoms with van der Waals surface area (Å²) >= 11 is 3.44. The van der Waals surface area contributed by atoms with E-state index in [1.807, 2.05) is 0 Å². The lowest BCUT2D eigenvalue weighted by Crippen LogP contribution is -1.97. The molecule has 0 aliphatic heterocycles. The topological polar surface area (TPSA) is 9.23 Å². The van der Waals surface area contributed by atoms with Crippen LogP contribution in [-0.2, 0) is 16.7 Å². The molecular formula is C11H14BrFO. The Morgan fingerprint density at radius 1 is 1.36 bits per heavy atom. The molecule has 0 heterocycles. The van der Waals surface area contributed by atoms with Crippen molar-refractivity contribution < 1.29 is 9.47 Å². The SMILES string of the molecule is Cc1cc(CCOF)cc(CBr)c1C. The molecule has 0 bridgehead atoms. The maximum Gasteiger partial charge on any atom is 0.0916 e. The second-order valence-electron chi connectivity index (χ2n) is 3.39. The largest absolute Gasteiger partial charge is 0.194 e. The van der Waals surface area contributed by atoms with Crippen LogP contribution in [0.1, 0.15) is 22.3 Å². The lowest BCUT2D eigenvalue weighted by molar-refractivity contribution is -0.130. The van der Waals surface area contributed by atoms with Crippen molar-refractivity contribution >= 4 is 15.9 Å². The Bertz CT molecular complexity index is 312. The number of aryl methyl sites for hydroxylation is 1. The highest BCUT2D eigenvalue weighted by molar-refractivity contribution is 9.08. The van der Waals surface area contributed by atoms with Gasteiger partial charge in [-0.05, 0) is 47.0 Å². The highest BCUT2D eigenvalue weighted by atomic mass is 79.9. The molecule has 1 rings (SSSR count). The Balaban J connectivity index is 2.91. The monoisotopic (exact) mass is 260 g/mol. The Labute approximate surface area is 92.3 Å². The molecule has 0 radical (unpaired) electrons. The lowest BCUT2D eigenvalue weighted by atomic mass is 9.99. The van der Waals surface area contributed by atoms with Crippen LogP contribution in [0.4, 0.5) is 4.53 Å². The summed E-state index contributed by atoms with van der Waals surface area (Å²) in [5, 5.41) is 0.837. The second-order valence-corrected chi connectivity index (χ2v) is 3.95. The number of hydrogen-bond donors (Lipinski definition) is 0. The molecule has 0 aliphatic rings. The maximum absolute atomic E-state index is 11.5. The Morgan fingerprint density at radius 2 is 2.07 bits per heavy atom. The van der Waals surface area contributed by atoms with E-state index in [0.717, 1.165) is 10.9 Å². The summed E-state index contributed by atoms with van der Waals surface area (Å²) in [7, 11) is 0. The van der Waals surface area contributed by atoms with Gasteiger partial charge in [-0.1, -0.05) is 28.1 Å². The van der Waals surface area contributed by atoms with Gasteiger partial charge < -0.3 is 0 Å². The molecule has 3 heteroatoms. The van der Waals surface area contributed by atoms with E-state index in [-0.39, 0.29) is 6.61 Å². The summed E-state index contributed by atoms with van der Waals surface area (Å²) in [6.45, 7) is 4.30. The first kappa shape index (κ1) is 11.7. The van der Waals surface area contributed by atoms with E-state index < -0.39 is 0 Å². The van der Waals surface area contributed by atoms with Crippen LogP contribution in [0.3, 0.4) is 0 Å². The van der Waals surface area contributed by atoms with Crippen LogP contribution in [0, 0.1) is 13.8 Å². The van der Waals surface area contributed by atoms with Gasteiger partial charge in [-0.25, -0.2) is 0 Å². The van der Waals surface area contributed by atoms with E-state index >= 15 is 0 Å². The summed E-state index contributed by atoms with van der Waals surface area (Å²) in [4.78, 5) is 3.58. The average Bonchev–Trinajstić information content (AvgIpc) is 2.19. The van der Waals surface area contributed by atoms with Crippen LogP contribution in [0.25, 0.3) is 0 Å². The molecule has 1 aromatic carbocycles. The van der Waals surface area contributed by atoms with Crippen molar-refractivity contribution in [3.8, 4) is 0 Å². The van der Waals surface area contributed by atoms with Crippen molar-refractivity contribution in [1.29, 1.82) is 0 Å². The molecule has 1 nitrogen and oxygen atoms in total. The summed E-state index contributed by atoms with van der Waals surface area (Å²) in [6.07, 6.45) is 0.623. The first-order valence-electron chi connectivity index (χ1n) is 4.57. The standard InChI is InChI=1S/C11H14BrFO/c1-8-5-10(3-4-14-13)6-11(7-12)9(8)2/h5-6H,3-4,7H2,1-2H3. The quantitative estimate of drug-likeness (QED) is 0.752. The smallest absolute Gasteiger partial charge is 0.0916 e. The van der Waals surface area contributed by atoms with Crippen molar-refractivity contribution in [1.82, 2.24) is 0 Å². The molecule has 0 spiro atoms. The summed E-state index contributed by atoms with van der Waals surface area (Å²) in [6, 6.07) is 4.18. The third-order valence-corrected chi connectivity index (χ3v) is 3.05. The van der Waals surface area contributed by atoms with Crippen molar-refractivity contribution in [3.63, 3.8) is 0 Å². The summed E-state index contributed by atoms with van der Waals surface area (Å²) in [5.74, 6) is 0. The zero-order chi connectivity index (χ0) is 10.6. The average molecular weight is 261 g/mol. The molecule has 1 aromatic rings. The molecular weight excluding hydrogens is 247 g/mol. The Kier molecular flexibility index (Phi) is 4.55. The first-order chi connectivity index (χ1) is 6.69. The van der Waals surface area contributed by atoms with Crippen LogP contribution >= 0.6 is 15.9 Å². The van der Waals surface area contributed by atoms with Gasteiger partial charge in [0, 0.05) is 5.33 Å². The zero-order valence-corrected chi connectivity index (χ0v) is 10.0. The van der Waals surface area contributed by atoms with Gasteiger partial charge in [-0.15, -0.1) is 0 Å². The van der Waals surface area contributed by atoms with E-state index in [2.05, 4.69) is 46.9 Å². The minimum atomic E-state index is 0.129. The molecule has 14 heavy (non-hydrogen) atoms. The second kappa shape index (κ2) is 5.47. The maximum atomic E-state index is 11.5. The third-order valence-electron chi connectivity index (χ3n) is 2.45. The van der Waals surface area contributed by atoms with Crippen LogP contribution < -0.4 is 0 Å². The van der Waals surface area contributed by atoms with Gasteiger partial charge in [0.2, 0.25) is 0 Å². The number of rotatable bonds is 4. The fourth-order valence-electron chi connectivity index (χ4n) is 1.45. The molecule has 0 aromatic heterocycles. The Morgan fingerprint density at radius 3 is 2.64 bits per heavy atom. The Hall–Kier alpha value is -0.410. The van der Waals surface area contributed by atoms with Crippen LogP contribution in [-0.4, -0.2) is 6.61 Å². The number of benzene rings is 1. The van der Waals surface area contributed by atoms with E-state index in [1.165, 1.54) is 16.7 Å². The molecule has 0 aliphatic carbocycles. The van der Waals surface area contributed by atoms with Gasteiger partial charge in [0.05, 0.1) is 6.61 Å². The number of alkyl halides is 1. The van der Waals surface area contributed by atoms with Crippen LogP contribution in [0.5, 0.6) is 0 Å². The van der Waals surface area contributed by atoms with E-state index in [1.54, 1.807) is 0 Å². The predicted molar refractivity (Wildman–Crippen MR) is 59.3 cm³/mol. The van der Waals surface area contributed by atoms with Crippen molar-refractivity contribution in [2.75, 3.05) is 6.61 Å². The van der Waals surface area contributed by atoms with Crippen LogP contribution in [0.2, 0.25) is 0 Å². The van der Waals surface area contributed by atoms with E-state index in [4.69, 9.17) is 0 Å². The molecule has 0 amide bonds. The third kappa shape index (κ3) is 2.79. The van der Waals surface area contributed by atoms with Gasteiger partial charge in [-0.3, -0.25) is 0 Å². The minimum Gasteiger partial charge on any atom is -0.194 e. The molecule has 78 valence electrons. The van der Waals surface area contributed by atoms with E-state index in [9.17, 15) is 4.53 Å². The normalized spacial score (nSPS) is 10.6. The van der Waals surface area contributed by atoms with Crippen molar-refractivity contribution in [3.05, 3.63) is 34.4 Å². The number of hydrogen-bond acceptors (Lipinski definition) is 1. The predicted octanol–water partition coefficient (Wildman–Crippen LogP) is 3.64. The molecule has 0 fully saturated rings. The van der Waals surface area contributed by atoms with Crippen LogP contribution in [0.15, 0.2) is 12.1 Å². The summed E-state index contributed by atoms with van der Waals surface area (Å²) in [5.41, 5.74) is 4.93. The van der Waals surface area contributed by atoms with Gasteiger partial charge in [0.15, 0.2) is 0 Å². The minimum absolute atomic E-state index is 0.129. The molecule has 0 saturated heterocycles. The molecule has 0 N–H and O–H groups in total. The molecule has 0 unspecified atom stereocenters. The molecule has 0 saturated carbocycles. The van der Waals surface area contributed by atoms with Crippen molar-refractivity contribution in [2.45, 2.75) is 25.6 Å². The number of halogens is 2. The zero-order valence-electron chi connectivity index (χ0n) is 8.44. The van der Waals surface area contributed by atoms with Gasteiger partial charge in [0.25, 0.3) is 0 Å². The van der Waals surface area contributed by atoms with Gasteiger partial charge in [-0.2, -0.15) is 4.94 Å². The highest BCUT2D eigenvalue weighted by Gasteiger charge is 2.03. The first-order valence-corrected chi connectivity index (χ1v) is 5.69. The van der Waals surface area contributed by atoms with E-state index in [0.29, 0.717) is 6.42 Å².